The first-order valence-electron chi connectivity index (χ1n) is 12.4. The number of nitrogens with zero attached hydrogens (tertiary/aromatic N) is 3. The van der Waals surface area contributed by atoms with Crippen molar-refractivity contribution in [3.05, 3.63) is 101 Å². The molecule has 3 aromatic heterocycles. The first-order chi connectivity index (χ1) is 19.1. The minimum atomic E-state index is -0.734. The number of hydrogen-bond donors (Lipinski definition) is 1. The quantitative estimate of drug-likeness (QED) is 0.261. The van der Waals surface area contributed by atoms with Crippen molar-refractivity contribution in [1.29, 1.82) is 0 Å². The van der Waals surface area contributed by atoms with Gasteiger partial charge in [-0.25, -0.2) is 14.8 Å². The molecule has 0 radical (unpaired) electrons. The molecule has 0 saturated carbocycles. The lowest BCUT2D eigenvalue weighted by molar-refractivity contribution is -0.143. The molecule has 10 nitrogen and oxygen atoms in total. The highest BCUT2D eigenvalue weighted by atomic mass is 32.2. The number of nitrogens with one attached hydrogen (secondary N) is 1. The predicted molar refractivity (Wildman–Crippen MR) is 150 cm³/mol. The lowest BCUT2D eigenvalue weighted by atomic mass is 9.96. The zero-order chi connectivity index (χ0) is 28.6. The number of furan rings is 1. The number of ether oxygens (including phenoxy) is 2. The number of rotatable bonds is 7. The van der Waals surface area contributed by atoms with Crippen LogP contribution in [0.3, 0.4) is 0 Å². The second-order valence-corrected chi connectivity index (χ2v) is 11.3. The number of aromatic amines is 1. The molecular formula is C28H26N4O6S2. The Morgan fingerprint density at radius 3 is 2.60 bits per heavy atom. The van der Waals surface area contributed by atoms with Gasteiger partial charge in [-0.1, -0.05) is 23.5 Å². The van der Waals surface area contributed by atoms with Crippen LogP contribution >= 0.6 is 23.1 Å². The van der Waals surface area contributed by atoms with E-state index in [9.17, 15) is 14.4 Å². The van der Waals surface area contributed by atoms with Gasteiger partial charge < -0.3 is 18.9 Å². The van der Waals surface area contributed by atoms with E-state index in [1.54, 1.807) is 65.1 Å². The minimum absolute atomic E-state index is 0.249. The summed E-state index contributed by atoms with van der Waals surface area (Å²) in [5.74, 6) is 0.570. The van der Waals surface area contributed by atoms with Crippen LogP contribution in [0, 0.1) is 6.92 Å². The Bertz CT molecular complexity index is 1860. The van der Waals surface area contributed by atoms with Gasteiger partial charge in [-0.05, 0) is 69.3 Å². The number of hydrogen-bond acceptors (Lipinski definition) is 10. The number of fused-ring (bicyclic) bond motifs is 1. The van der Waals surface area contributed by atoms with Crippen LogP contribution in [0.4, 0.5) is 0 Å². The molecule has 0 saturated heterocycles. The third kappa shape index (κ3) is 5.58. The van der Waals surface area contributed by atoms with Crippen molar-refractivity contribution in [2.24, 2.45) is 4.99 Å². The highest BCUT2D eigenvalue weighted by molar-refractivity contribution is 7.99. The van der Waals surface area contributed by atoms with Crippen LogP contribution in [0.1, 0.15) is 43.8 Å². The molecule has 1 N–H and O–H groups in total. The third-order valence-corrected chi connectivity index (χ3v) is 7.73. The van der Waals surface area contributed by atoms with E-state index in [0.717, 1.165) is 5.56 Å². The van der Waals surface area contributed by atoms with Gasteiger partial charge in [0.2, 0.25) is 0 Å². The minimum Gasteiger partial charge on any atom is -0.497 e. The van der Waals surface area contributed by atoms with Crippen molar-refractivity contribution in [1.82, 2.24) is 14.5 Å². The lowest BCUT2D eigenvalue weighted by Gasteiger charge is -2.25. The number of H-pyrrole nitrogens is 1. The number of carbonyl (C=O) groups is 1. The zero-order valence-corrected chi connectivity index (χ0v) is 24.0. The summed E-state index contributed by atoms with van der Waals surface area (Å²) < 4.78 is 18.6. The monoisotopic (exact) mass is 578 g/mol. The number of thiazole rings is 1. The maximum atomic E-state index is 13.8. The molecule has 0 fully saturated rings. The summed E-state index contributed by atoms with van der Waals surface area (Å²) in [7, 11) is 1.57. The van der Waals surface area contributed by atoms with E-state index in [0.29, 0.717) is 48.1 Å². The van der Waals surface area contributed by atoms with Crippen LogP contribution in [0.2, 0.25) is 0 Å². The molecule has 1 aliphatic rings. The molecule has 0 unspecified atom stereocenters. The Balaban J connectivity index is 1.57. The summed E-state index contributed by atoms with van der Waals surface area (Å²) in [5, 5.41) is 0.902. The first-order valence-corrected chi connectivity index (χ1v) is 14.0. The fourth-order valence-electron chi connectivity index (χ4n) is 4.25. The first kappa shape index (κ1) is 27.4. The second-order valence-electron chi connectivity index (χ2n) is 9.26. The summed E-state index contributed by atoms with van der Waals surface area (Å²) in [5.41, 5.74) is 1.53. The van der Waals surface area contributed by atoms with Gasteiger partial charge in [-0.3, -0.25) is 14.2 Å². The molecule has 4 heterocycles. The van der Waals surface area contributed by atoms with E-state index < -0.39 is 12.0 Å². The van der Waals surface area contributed by atoms with Crippen molar-refractivity contribution in [2.75, 3.05) is 7.11 Å². The van der Waals surface area contributed by atoms with E-state index >= 15 is 0 Å². The Hall–Kier alpha value is -4.16. The number of benzene rings is 1. The summed E-state index contributed by atoms with van der Waals surface area (Å²) in [4.78, 5) is 50.8. The normalized spacial score (nSPS) is 15.2. The van der Waals surface area contributed by atoms with Gasteiger partial charge in [0, 0.05) is 17.8 Å². The second kappa shape index (κ2) is 11.1. The third-order valence-electron chi connectivity index (χ3n) is 5.94. The van der Waals surface area contributed by atoms with E-state index in [1.807, 2.05) is 12.1 Å². The average molecular weight is 579 g/mol. The molecule has 0 amide bonds. The number of allylic oxidation sites excluding steroid dienone is 1. The highest BCUT2D eigenvalue weighted by Gasteiger charge is 2.33. The van der Waals surface area contributed by atoms with Gasteiger partial charge in [-0.15, -0.1) is 0 Å². The van der Waals surface area contributed by atoms with Crippen LogP contribution in [0.25, 0.3) is 6.08 Å². The van der Waals surface area contributed by atoms with E-state index in [2.05, 4.69) is 15.0 Å². The molecule has 0 bridgehead atoms. The molecule has 40 heavy (non-hydrogen) atoms. The van der Waals surface area contributed by atoms with E-state index in [-0.39, 0.29) is 17.2 Å². The van der Waals surface area contributed by atoms with E-state index in [4.69, 9.17) is 13.9 Å². The van der Waals surface area contributed by atoms with Crippen molar-refractivity contribution in [3.63, 3.8) is 0 Å². The smallest absolute Gasteiger partial charge is 0.338 e. The molecule has 206 valence electrons. The Kier molecular flexibility index (Phi) is 7.63. The molecule has 1 aliphatic heterocycles. The summed E-state index contributed by atoms with van der Waals surface area (Å²) in [6, 6.07) is 11.3. The number of methoxy groups -OCH3 is 1. The molecule has 4 aromatic rings. The molecule has 0 spiro atoms. The molecule has 12 heteroatoms. The van der Waals surface area contributed by atoms with Crippen LogP contribution in [0.5, 0.6) is 5.75 Å². The fraction of sp³-hybridized carbons (Fsp3) is 0.250. The van der Waals surface area contributed by atoms with Gasteiger partial charge in [0.1, 0.15) is 11.5 Å². The van der Waals surface area contributed by atoms with E-state index in [1.165, 1.54) is 33.7 Å². The lowest BCUT2D eigenvalue weighted by Crippen LogP contribution is -2.40. The molecular weight excluding hydrogens is 552 g/mol. The zero-order valence-electron chi connectivity index (χ0n) is 22.4. The SMILES string of the molecule is COc1ccc([C@H]2C(C(=O)OC(C)C)=C(C)N=c3s/c(=C/c4ccc(Sc5nc(C)cc(=O)[nH]5)o4)c(=O)n32)cc1. The van der Waals surface area contributed by atoms with Crippen LogP contribution < -0.4 is 25.2 Å². The van der Waals surface area contributed by atoms with Crippen molar-refractivity contribution in [3.8, 4) is 5.75 Å². The van der Waals surface area contributed by atoms with Gasteiger partial charge in [0.25, 0.3) is 11.1 Å². The number of aromatic nitrogens is 3. The maximum absolute atomic E-state index is 13.8. The van der Waals surface area contributed by atoms with Gasteiger partial charge in [0.15, 0.2) is 15.1 Å². The van der Waals surface area contributed by atoms with Crippen LogP contribution in [0.15, 0.2) is 83.0 Å². The summed E-state index contributed by atoms with van der Waals surface area (Å²) in [6.45, 7) is 7.02. The van der Waals surface area contributed by atoms with Gasteiger partial charge >= 0.3 is 5.97 Å². The van der Waals surface area contributed by atoms with Crippen LogP contribution in [-0.2, 0) is 9.53 Å². The highest BCUT2D eigenvalue weighted by Crippen LogP contribution is 2.32. The van der Waals surface area contributed by atoms with Crippen LogP contribution in [-0.4, -0.2) is 33.7 Å². The molecule has 5 rings (SSSR count). The van der Waals surface area contributed by atoms with Crippen molar-refractivity contribution < 1.29 is 18.7 Å². The Labute approximate surface area is 236 Å². The Morgan fingerprint density at radius 1 is 1.18 bits per heavy atom. The number of aryl methyl sites for hydroxylation is 1. The standard InChI is InChI=1S/C28H26N4O6S2/c1-14(2)37-26(35)23-16(4)30-28-32(24(23)17-6-8-18(36-5)9-7-17)25(34)20(39-28)13-19-10-11-22(38-19)40-27-29-15(3)12-21(33)31-27/h6-14,24H,1-5H3,(H,29,31,33)/b20-13+/t24-/m0/s1. The average Bonchev–Trinajstić information content (AvgIpc) is 3.45. The summed E-state index contributed by atoms with van der Waals surface area (Å²) in [6.07, 6.45) is 1.30. The molecule has 1 atom stereocenters. The number of carbonyl (C=O) groups excluding carboxylic acids is 1. The largest absolute Gasteiger partial charge is 0.497 e. The topological polar surface area (TPSA) is 129 Å². The Morgan fingerprint density at radius 2 is 1.93 bits per heavy atom. The van der Waals surface area contributed by atoms with Gasteiger partial charge in [0.05, 0.1) is 35.1 Å². The molecule has 1 aromatic carbocycles. The number of esters is 1. The van der Waals surface area contributed by atoms with Crippen molar-refractivity contribution >= 4 is 35.1 Å². The summed E-state index contributed by atoms with van der Waals surface area (Å²) >= 11 is 2.37. The maximum Gasteiger partial charge on any atom is 0.338 e. The van der Waals surface area contributed by atoms with Crippen molar-refractivity contribution in [2.45, 2.75) is 50.1 Å². The fourth-order valence-corrected chi connectivity index (χ4v) is 6.09. The van der Waals surface area contributed by atoms with Gasteiger partial charge in [-0.2, -0.15) is 0 Å². The predicted octanol–water partition coefficient (Wildman–Crippen LogP) is 3.33. The molecule has 0 aliphatic carbocycles.